The molecule has 0 bridgehead atoms. The normalized spacial score (nSPS) is 13.2. The lowest BCUT2D eigenvalue weighted by Gasteiger charge is -2.13. The zero-order valence-electron chi connectivity index (χ0n) is 10.5. The Morgan fingerprint density at radius 1 is 1.60 bits per heavy atom. The fourth-order valence-corrected chi connectivity index (χ4v) is 3.01. The van der Waals surface area contributed by atoms with Gasteiger partial charge >= 0.3 is 5.97 Å². The van der Waals surface area contributed by atoms with Crippen LogP contribution in [0, 0.1) is 0 Å². The third-order valence-corrected chi connectivity index (χ3v) is 4.04. The van der Waals surface area contributed by atoms with Gasteiger partial charge in [-0.3, -0.25) is 9.78 Å². The van der Waals surface area contributed by atoms with E-state index in [9.17, 15) is 13.2 Å². The molecule has 2 heterocycles. The summed E-state index contributed by atoms with van der Waals surface area (Å²) in [6, 6.07) is 1.25. The number of hydrogen-bond donors (Lipinski definition) is 3. The van der Waals surface area contributed by atoms with Crippen molar-refractivity contribution in [3.8, 4) is 0 Å². The molecule has 10 heteroatoms. The summed E-state index contributed by atoms with van der Waals surface area (Å²) in [5.74, 6) is -1.36. The van der Waals surface area contributed by atoms with E-state index >= 15 is 0 Å². The van der Waals surface area contributed by atoms with Gasteiger partial charge in [0.2, 0.25) is 0 Å². The van der Waals surface area contributed by atoms with Crippen molar-refractivity contribution in [1.29, 1.82) is 0 Å². The molecule has 0 spiro atoms. The summed E-state index contributed by atoms with van der Waals surface area (Å²) in [5.41, 5.74) is -0.399. The van der Waals surface area contributed by atoms with Crippen LogP contribution in [-0.4, -0.2) is 45.5 Å². The number of H-pyrrole nitrogens is 1. The smallest absolute Gasteiger partial charge is 0.340 e. The van der Waals surface area contributed by atoms with Gasteiger partial charge in [0.15, 0.2) is 5.03 Å². The third kappa shape index (κ3) is 3.03. The van der Waals surface area contributed by atoms with Gasteiger partial charge < -0.3 is 5.11 Å². The van der Waals surface area contributed by atoms with Crippen molar-refractivity contribution in [2.24, 2.45) is 0 Å². The number of aromatic carboxylic acids is 1. The summed E-state index contributed by atoms with van der Waals surface area (Å²) < 4.78 is 28.1. The van der Waals surface area contributed by atoms with Gasteiger partial charge in [-0.25, -0.2) is 17.9 Å². The van der Waals surface area contributed by atoms with Gasteiger partial charge in [-0.2, -0.15) is 10.2 Å². The van der Waals surface area contributed by atoms with Crippen molar-refractivity contribution in [2.45, 2.75) is 24.5 Å². The molecule has 108 valence electrons. The molecule has 0 saturated heterocycles. The fourth-order valence-electron chi connectivity index (χ4n) is 1.68. The third-order valence-electron chi connectivity index (χ3n) is 2.48. The minimum atomic E-state index is -3.99. The predicted molar refractivity (Wildman–Crippen MR) is 67.6 cm³/mol. The predicted octanol–water partition coefficient (Wildman–Crippen LogP) is -0.329. The molecule has 2 rings (SSSR count). The van der Waals surface area contributed by atoms with E-state index in [1.807, 2.05) is 0 Å². The van der Waals surface area contributed by atoms with E-state index in [1.165, 1.54) is 0 Å². The summed E-state index contributed by atoms with van der Waals surface area (Å²) in [4.78, 5) is 10.9. The molecule has 0 radical (unpaired) electrons. The van der Waals surface area contributed by atoms with E-state index < -0.39 is 32.6 Å². The highest BCUT2D eigenvalue weighted by molar-refractivity contribution is 7.89. The molecule has 2 aromatic heterocycles. The quantitative estimate of drug-likeness (QED) is 0.669. The van der Waals surface area contributed by atoms with Gasteiger partial charge in [0.1, 0.15) is 5.56 Å². The second-order valence-electron chi connectivity index (χ2n) is 4.17. The SMILES string of the molecule is CC(Cn1cccn1)NS(=O)(=O)c1[nH]ncc1C(=O)O. The number of nitrogens with one attached hydrogen (secondary N) is 2. The van der Waals surface area contributed by atoms with Gasteiger partial charge in [-0.15, -0.1) is 0 Å². The maximum atomic E-state index is 12.1. The summed E-state index contributed by atoms with van der Waals surface area (Å²) >= 11 is 0. The average Bonchev–Trinajstić information content (AvgIpc) is 2.97. The van der Waals surface area contributed by atoms with Crippen molar-refractivity contribution in [2.75, 3.05) is 0 Å². The zero-order chi connectivity index (χ0) is 14.8. The molecular weight excluding hydrogens is 286 g/mol. The summed E-state index contributed by atoms with van der Waals surface area (Å²) in [6.07, 6.45) is 4.23. The Labute approximate surface area is 114 Å². The molecule has 3 N–H and O–H groups in total. The molecule has 0 aliphatic rings. The molecule has 0 amide bonds. The molecule has 0 fully saturated rings. The molecule has 1 atom stereocenters. The molecule has 0 aliphatic heterocycles. The molecule has 1 unspecified atom stereocenters. The van der Waals surface area contributed by atoms with Crippen molar-refractivity contribution >= 4 is 16.0 Å². The van der Waals surface area contributed by atoms with Gasteiger partial charge in [-0.1, -0.05) is 0 Å². The van der Waals surface area contributed by atoms with Gasteiger partial charge in [0.25, 0.3) is 10.0 Å². The number of sulfonamides is 1. The first-order valence-corrected chi connectivity index (χ1v) is 7.15. The van der Waals surface area contributed by atoms with Crippen LogP contribution in [-0.2, 0) is 16.6 Å². The van der Waals surface area contributed by atoms with Crippen molar-refractivity contribution < 1.29 is 18.3 Å². The highest BCUT2D eigenvalue weighted by atomic mass is 32.2. The highest BCUT2D eigenvalue weighted by Gasteiger charge is 2.26. The van der Waals surface area contributed by atoms with E-state index in [2.05, 4.69) is 20.0 Å². The second kappa shape index (κ2) is 5.43. The monoisotopic (exact) mass is 299 g/mol. The Morgan fingerprint density at radius 3 is 2.95 bits per heavy atom. The van der Waals surface area contributed by atoms with E-state index in [0.717, 1.165) is 6.20 Å². The molecule has 20 heavy (non-hydrogen) atoms. The van der Waals surface area contributed by atoms with Gasteiger partial charge in [0.05, 0.1) is 12.7 Å². The Balaban J connectivity index is 2.14. The number of nitrogens with zero attached hydrogens (tertiary/aromatic N) is 3. The van der Waals surface area contributed by atoms with Gasteiger partial charge in [0, 0.05) is 18.4 Å². The maximum Gasteiger partial charge on any atom is 0.340 e. The first-order valence-electron chi connectivity index (χ1n) is 5.66. The minimum absolute atomic E-state index is 0.322. The lowest BCUT2D eigenvalue weighted by Crippen LogP contribution is -2.36. The zero-order valence-corrected chi connectivity index (χ0v) is 11.3. The number of carboxylic acid groups (broad SMARTS) is 1. The summed E-state index contributed by atoms with van der Waals surface area (Å²) in [5, 5.41) is 18.0. The van der Waals surface area contributed by atoms with Crippen molar-refractivity contribution in [1.82, 2.24) is 24.7 Å². The second-order valence-corrected chi connectivity index (χ2v) is 5.82. The molecule has 0 aromatic carbocycles. The maximum absolute atomic E-state index is 12.1. The fraction of sp³-hybridized carbons (Fsp3) is 0.300. The van der Waals surface area contributed by atoms with E-state index in [0.29, 0.717) is 6.54 Å². The van der Waals surface area contributed by atoms with Crippen LogP contribution < -0.4 is 4.72 Å². The molecule has 9 nitrogen and oxygen atoms in total. The molecular formula is C10H13N5O4S. The Morgan fingerprint density at radius 2 is 2.35 bits per heavy atom. The van der Waals surface area contributed by atoms with E-state index in [4.69, 9.17) is 5.11 Å². The van der Waals surface area contributed by atoms with Crippen LogP contribution in [0.3, 0.4) is 0 Å². The minimum Gasteiger partial charge on any atom is -0.478 e. The van der Waals surface area contributed by atoms with Crippen LogP contribution in [0.5, 0.6) is 0 Å². The number of aromatic nitrogens is 4. The van der Waals surface area contributed by atoms with Crippen LogP contribution in [0.4, 0.5) is 0 Å². The standard InChI is InChI=1S/C10H13N5O4S/c1-7(6-15-4-2-3-12-15)14-20(18,19)9-8(10(16)17)5-11-13-9/h2-5,7,14H,6H2,1H3,(H,11,13)(H,16,17). The Hall–Kier alpha value is -2.20. The highest BCUT2D eigenvalue weighted by Crippen LogP contribution is 2.12. The molecule has 2 aromatic rings. The van der Waals surface area contributed by atoms with Gasteiger partial charge in [-0.05, 0) is 13.0 Å². The summed E-state index contributed by atoms with van der Waals surface area (Å²) in [7, 11) is -3.99. The molecule has 0 saturated carbocycles. The largest absolute Gasteiger partial charge is 0.478 e. The number of rotatable bonds is 6. The van der Waals surface area contributed by atoms with Crippen LogP contribution in [0.15, 0.2) is 29.7 Å². The number of carbonyl (C=O) groups is 1. The number of carboxylic acids is 1. The first-order chi connectivity index (χ1) is 9.40. The average molecular weight is 299 g/mol. The van der Waals surface area contributed by atoms with Crippen LogP contribution in [0.2, 0.25) is 0 Å². The van der Waals surface area contributed by atoms with Crippen LogP contribution in [0.1, 0.15) is 17.3 Å². The lowest BCUT2D eigenvalue weighted by atomic mass is 10.4. The molecule has 0 aliphatic carbocycles. The van der Waals surface area contributed by atoms with Crippen molar-refractivity contribution in [3.63, 3.8) is 0 Å². The van der Waals surface area contributed by atoms with E-state index in [1.54, 1.807) is 30.1 Å². The number of aromatic amines is 1. The first kappa shape index (κ1) is 14.2. The van der Waals surface area contributed by atoms with Crippen molar-refractivity contribution in [3.05, 3.63) is 30.2 Å². The Bertz CT molecular complexity index is 691. The topological polar surface area (TPSA) is 130 Å². The van der Waals surface area contributed by atoms with Crippen LogP contribution in [0.25, 0.3) is 0 Å². The Kier molecular flexibility index (Phi) is 3.86. The van der Waals surface area contributed by atoms with E-state index in [-0.39, 0.29) is 0 Å². The van der Waals surface area contributed by atoms with Crippen LogP contribution >= 0.6 is 0 Å². The number of hydrogen-bond acceptors (Lipinski definition) is 5. The summed E-state index contributed by atoms with van der Waals surface area (Å²) in [6.45, 7) is 1.97. The lowest BCUT2D eigenvalue weighted by molar-refractivity contribution is 0.0692.